The molecule has 1 aliphatic rings. The minimum Gasteiger partial charge on any atom is -0.478 e. The Kier molecular flexibility index (Phi) is 3.92. The van der Waals surface area contributed by atoms with Crippen LogP contribution in [0.2, 0.25) is 0 Å². The Morgan fingerprint density at radius 1 is 1.33 bits per heavy atom. The lowest BCUT2D eigenvalue weighted by Crippen LogP contribution is -2.10. The molecule has 0 fully saturated rings. The van der Waals surface area contributed by atoms with Crippen LogP contribution in [0.25, 0.3) is 0 Å². The lowest BCUT2D eigenvalue weighted by Gasteiger charge is -2.12. The van der Waals surface area contributed by atoms with Gasteiger partial charge in [0.25, 0.3) is 0 Å². The van der Waals surface area contributed by atoms with Gasteiger partial charge >= 0.3 is 5.97 Å². The van der Waals surface area contributed by atoms with Crippen LogP contribution in [-0.2, 0) is 19.4 Å². The number of hydrogen-bond acceptors (Lipinski definition) is 3. The number of benzene rings is 1. The number of carbonyl (C=O) groups is 1. The van der Waals surface area contributed by atoms with Crippen LogP contribution in [0.4, 0.5) is 5.82 Å². The maximum atomic E-state index is 11.4. The van der Waals surface area contributed by atoms with E-state index in [0.29, 0.717) is 12.4 Å². The van der Waals surface area contributed by atoms with Crippen LogP contribution in [0, 0.1) is 0 Å². The molecule has 3 rings (SSSR count). The summed E-state index contributed by atoms with van der Waals surface area (Å²) >= 11 is 3.49. The third kappa shape index (κ3) is 2.93. The summed E-state index contributed by atoms with van der Waals surface area (Å²) in [5.41, 5.74) is 3.41. The van der Waals surface area contributed by atoms with E-state index in [9.17, 15) is 9.90 Å². The van der Waals surface area contributed by atoms with Gasteiger partial charge in [0.05, 0.1) is 0 Å². The smallest absolute Gasteiger partial charge is 0.339 e. The number of fused-ring (bicyclic) bond motifs is 1. The van der Waals surface area contributed by atoms with Gasteiger partial charge in [0.15, 0.2) is 0 Å². The molecule has 0 unspecified atom stereocenters. The van der Waals surface area contributed by atoms with Crippen molar-refractivity contribution in [3.63, 3.8) is 0 Å². The van der Waals surface area contributed by atoms with Crippen molar-refractivity contribution in [3.05, 3.63) is 57.2 Å². The number of pyridine rings is 1. The Balaban J connectivity index is 1.88. The number of nitrogens with one attached hydrogen (secondary N) is 1. The highest BCUT2D eigenvalue weighted by Crippen LogP contribution is 2.26. The minimum absolute atomic E-state index is 0.253. The molecule has 0 saturated carbocycles. The molecule has 0 aliphatic heterocycles. The molecule has 2 N–H and O–H groups in total. The van der Waals surface area contributed by atoms with Crippen LogP contribution in [-0.4, -0.2) is 16.1 Å². The van der Waals surface area contributed by atoms with Crippen LogP contribution < -0.4 is 5.32 Å². The van der Waals surface area contributed by atoms with Gasteiger partial charge in [0, 0.05) is 16.7 Å². The second kappa shape index (κ2) is 5.85. The molecule has 0 saturated heterocycles. The number of carboxylic acid groups (broad SMARTS) is 1. The molecule has 21 heavy (non-hydrogen) atoms. The van der Waals surface area contributed by atoms with E-state index in [1.807, 2.05) is 24.3 Å². The fourth-order valence-electron chi connectivity index (χ4n) is 2.59. The number of aromatic carboxylic acids is 1. The zero-order valence-electron chi connectivity index (χ0n) is 11.4. The molecule has 1 heterocycles. The Morgan fingerprint density at radius 2 is 2.14 bits per heavy atom. The molecule has 1 aromatic heterocycles. The van der Waals surface area contributed by atoms with E-state index >= 15 is 0 Å². The summed E-state index contributed by atoms with van der Waals surface area (Å²) in [5.74, 6) is -0.481. The van der Waals surface area contributed by atoms with Crippen LogP contribution in [0.5, 0.6) is 0 Å². The van der Waals surface area contributed by atoms with Gasteiger partial charge in [0.1, 0.15) is 11.4 Å². The average Bonchev–Trinajstić information content (AvgIpc) is 2.92. The largest absolute Gasteiger partial charge is 0.478 e. The van der Waals surface area contributed by atoms with E-state index in [-0.39, 0.29) is 5.56 Å². The number of hydrogen-bond donors (Lipinski definition) is 2. The van der Waals surface area contributed by atoms with Crippen LogP contribution >= 0.6 is 15.9 Å². The van der Waals surface area contributed by atoms with Crippen molar-refractivity contribution < 1.29 is 9.90 Å². The Hall–Kier alpha value is -1.88. The van der Waals surface area contributed by atoms with Gasteiger partial charge in [-0.1, -0.05) is 34.1 Å². The lowest BCUT2D eigenvalue weighted by molar-refractivity contribution is 0.0697. The van der Waals surface area contributed by atoms with Crippen molar-refractivity contribution >= 4 is 27.7 Å². The lowest BCUT2D eigenvalue weighted by atomic mass is 10.1. The van der Waals surface area contributed by atoms with Gasteiger partial charge in [-0.2, -0.15) is 0 Å². The van der Waals surface area contributed by atoms with E-state index in [1.165, 1.54) is 0 Å². The van der Waals surface area contributed by atoms with Crippen molar-refractivity contribution in [2.45, 2.75) is 25.8 Å². The maximum absolute atomic E-state index is 11.4. The van der Waals surface area contributed by atoms with E-state index in [2.05, 4.69) is 26.2 Å². The first kappa shape index (κ1) is 14.1. The quantitative estimate of drug-likeness (QED) is 0.886. The summed E-state index contributed by atoms with van der Waals surface area (Å²) < 4.78 is 0.996. The van der Waals surface area contributed by atoms with Gasteiger partial charge in [0.2, 0.25) is 0 Å². The van der Waals surface area contributed by atoms with Crippen molar-refractivity contribution in [2.24, 2.45) is 0 Å². The van der Waals surface area contributed by atoms with E-state index in [0.717, 1.165) is 40.6 Å². The second-order valence-electron chi connectivity index (χ2n) is 5.09. The molecule has 1 aliphatic carbocycles. The molecule has 108 valence electrons. The minimum atomic E-state index is -0.938. The van der Waals surface area contributed by atoms with Gasteiger partial charge in [-0.05, 0) is 42.5 Å². The third-order valence-corrected chi connectivity index (χ3v) is 4.46. The average molecular weight is 347 g/mol. The number of aromatic nitrogens is 1. The molecule has 0 radical (unpaired) electrons. The fraction of sp³-hybridized carbons (Fsp3) is 0.250. The zero-order valence-corrected chi connectivity index (χ0v) is 13.0. The molecule has 0 spiro atoms. The standard InChI is InChI=1S/C16H15BrN2O2/c17-13-6-2-1-4-11(13)9-18-15-12(16(20)21)8-10-5-3-7-14(10)19-15/h1-2,4,6,8H,3,5,7,9H2,(H,18,19)(H,20,21). The van der Waals surface area contributed by atoms with Crippen molar-refractivity contribution in [2.75, 3.05) is 5.32 Å². The van der Waals surface area contributed by atoms with Gasteiger partial charge < -0.3 is 10.4 Å². The Labute approximate surface area is 131 Å². The van der Waals surface area contributed by atoms with Gasteiger partial charge in [-0.25, -0.2) is 9.78 Å². The summed E-state index contributed by atoms with van der Waals surface area (Å²) in [5, 5.41) is 12.5. The molecule has 0 amide bonds. The molecule has 0 bridgehead atoms. The molecule has 2 aromatic rings. The summed E-state index contributed by atoms with van der Waals surface area (Å²) in [6.45, 7) is 0.535. The predicted octanol–water partition coefficient (Wildman–Crippen LogP) is 3.64. The zero-order chi connectivity index (χ0) is 14.8. The first-order valence-electron chi connectivity index (χ1n) is 6.88. The molecule has 0 atom stereocenters. The summed E-state index contributed by atoms with van der Waals surface area (Å²) in [4.78, 5) is 15.9. The summed E-state index contributed by atoms with van der Waals surface area (Å²) in [7, 11) is 0. The van der Waals surface area contributed by atoms with E-state index in [4.69, 9.17) is 0 Å². The van der Waals surface area contributed by atoms with E-state index < -0.39 is 5.97 Å². The van der Waals surface area contributed by atoms with Crippen LogP contribution in [0.15, 0.2) is 34.8 Å². The third-order valence-electron chi connectivity index (χ3n) is 3.69. The van der Waals surface area contributed by atoms with Gasteiger partial charge in [-0.3, -0.25) is 0 Å². The number of aryl methyl sites for hydroxylation is 2. The van der Waals surface area contributed by atoms with Crippen molar-refractivity contribution in [1.29, 1.82) is 0 Å². The topological polar surface area (TPSA) is 62.2 Å². The number of anilines is 1. The van der Waals surface area contributed by atoms with Crippen molar-refractivity contribution in [3.8, 4) is 0 Å². The number of carboxylic acids is 1. The normalized spacial score (nSPS) is 13.0. The predicted molar refractivity (Wildman–Crippen MR) is 84.7 cm³/mol. The summed E-state index contributed by atoms with van der Waals surface area (Å²) in [6.07, 6.45) is 2.90. The molecule has 5 heteroatoms. The van der Waals surface area contributed by atoms with Crippen LogP contribution in [0.1, 0.15) is 33.6 Å². The monoisotopic (exact) mass is 346 g/mol. The number of nitrogens with zero attached hydrogens (tertiary/aromatic N) is 1. The SMILES string of the molecule is O=C(O)c1cc2c(nc1NCc1ccccc1Br)CCC2. The fourth-order valence-corrected chi connectivity index (χ4v) is 3.02. The molecular weight excluding hydrogens is 332 g/mol. The highest BCUT2D eigenvalue weighted by atomic mass is 79.9. The molecule has 4 nitrogen and oxygen atoms in total. The Bertz CT molecular complexity index is 701. The number of halogens is 1. The highest BCUT2D eigenvalue weighted by molar-refractivity contribution is 9.10. The van der Waals surface area contributed by atoms with Crippen LogP contribution in [0.3, 0.4) is 0 Å². The Morgan fingerprint density at radius 3 is 2.90 bits per heavy atom. The molecular formula is C16H15BrN2O2. The van der Waals surface area contributed by atoms with Crippen molar-refractivity contribution in [1.82, 2.24) is 4.98 Å². The first-order chi connectivity index (χ1) is 10.1. The maximum Gasteiger partial charge on any atom is 0.339 e. The first-order valence-corrected chi connectivity index (χ1v) is 7.68. The van der Waals surface area contributed by atoms with Gasteiger partial charge in [-0.15, -0.1) is 0 Å². The second-order valence-corrected chi connectivity index (χ2v) is 5.95. The number of rotatable bonds is 4. The molecule has 1 aromatic carbocycles. The highest BCUT2D eigenvalue weighted by Gasteiger charge is 2.19. The van der Waals surface area contributed by atoms with E-state index in [1.54, 1.807) is 6.07 Å². The summed E-state index contributed by atoms with van der Waals surface area (Å²) in [6, 6.07) is 9.62.